The number of para-hydroxylation sites is 1. The highest BCUT2D eigenvalue weighted by Gasteiger charge is 2.39. The Bertz CT molecular complexity index is 1130. The molecule has 1 heterocycles. The summed E-state index contributed by atoms with van der Waals surface area (Å²) < 4.78 is 5.16. The lowest BCUT2D eigenvalue weighted by Crippen LogP contribution is -2.45. The molecule has 4 rings (SSSR count). The number of hydrogen-bond donors (Lipinski definition) is 0. The zero-order chi connectivity index (χ0) is 21.1. The van der Waals surface area contributed by atoms with Crippen LogP contribution in [-0.4, -0.2) is 25.1 Å². The van der Waals surface area contributed by atoms with Crippen molar-refractivity contribution in [2.45, 2.75) is 12.5 Å². The first-order valence-corrected chi connectivity index (χ1v) is 9.82. The number of nitrogens with zero attached hydrogens (tertiary/aromatic N) is 2. The molecule has 0 N–H and O–H groups in total. The van der Waals surface area contributed by atoms with Crippen molar-refractivity contribution in [3.8, 4) is 5.75 Å². The first-order valence-electron chi connectivity index (χ1n) is 9.45. The van der Waals surface area contributed by atoms with Crippen LogP contribution >= 0.6 is 11.6 Å². The zero-order valence-electron chi connectivity index (χ0n) is 16.3. The summed E-state index contributed by atoms with van der Waals surface area (Å²) in [5.41, 5.74) is 2.48. The van der Waals surface area contributed by atoms with Crippen molar-refractivity contribution in [3.05, 3.63) is 94.5 Å². The molecule has 0 bridgehead atoms. The third kappa shape index (κ3) is 3.72. The molecule has 0 fully saturated rings. The summed E-state index contributed by atoms with van der Waals surface area (Å²) >= 11 is 6.28. The lowest BCUT2D eigenvalue weighted by atomic mass is 9.89. The quantitative estimate of drug-likeness (QED) is 0.438. The maximum atomic E-state index is 13.3. The molecular formula is C24H19ClN2O3. The number of carbonyl (C=O) groups is 2. The van der Waals surface area contributed by atoms with E-state index in [2.05, 4.69) is 4.99 Å². The van der Waals surface area contributed by atoms with Crippen LogP contribution in [0.15, 0.2) is 77.8 Å². The minimum Gasteiger partial charge on any atom is -0.497 e. The fourth-order valence-corrected chi connectivity index (χ4v) is 3.68. The predicted molar refractivity (Wildman–Crippen MR) is 118 cm³/mol. The van der Waals surface area contributed by atoms with Gasteiger partial charge in [0.05, 0.1) is 30.3 Å². The Labute approximate surface area is 179 Å². The third-order valence-corrected chi connectivity index (χ3v) is 5.32. The normalized spacial score (nSPS) is 16.1. The molecule has 2 amide bonds. The van der Waals surface area contributed by atoms with Crippen molar-refractivity contribution < 1.29 is 14.3 Å². The number of fused-ring (bicyclic) bond motifs is 1. The molecule has 0 aliphatic carbocycles. The summed E-state index contributed by atoms with van der Waals surface area (Å²) in [7, 11) is 1.62. The monoisotopic (exact) mass is 418 g/mol. The minimum absolute atomic E-state index is 0.340. The van der Waals surface area contributed by atoms with E-state index in [0.717, 1.165) is 16.2 Å². The van der Waals surface area contributed by atoms with E-state index < -0.39 is 5.92 Å². The third-order valence-electron chi connectivity index (χ3n) is 5.00. The van der Waals surface area contributed by atoms with Crippen molar-refractivity contribution in [3.63, 3.8) is 0 Å². The van der Waals surface area contributed by atoms with Gasteiger partial charge in [0, 0.05) is 11.8 Å². The number of halogens is 1. The number of anilines is 1. The van der Waals surface area contributed by atoms with Gasteiger partial charge < -0.3 is 4.74 Å². The van der Waals surface area contributed by atoms with Crippen molar-refractivity contribution in [2.75, 3.05) is 12.0 Å². The summed E-state index contributed by atoms with van der Waals surface area (Å²) in [4.78, 5) is 32.0. The first kappa shape index (κ1) is 19.9. The van der Waals surface area contributed by atoms with E-state index in [1.807, 2.05) is 30.3 Å². The van der Waals surface area contributed by atoms with E-state index in [1.54, 1.807) is 55.8 Å². The topological polar surface area (TPSA) is 59.0 Å². The van der Waals surface area contributed by atoms with Crippen molar-refractivity contribution >= 4 is 35.3 Å². The summed E-state index contributed by atoms with van der Waals surface area (Å²) in [5, 5.41) is 0.340. The van der Waals surface area contributed by atoms with Gasteiger partial charge in [-0.15, -0.1) is 0 Å². The summed E-state index contributed by atoms with van der Waals surface area (Å²) in [5.74, 6) is -0.657. The maximum absolute atomic E-state index is 13.3. The number of carbonyl (C=O) groups excluding carboxylic acids is 2. The molecule has 3 aromatic carbocycles. The van der Waals surface area contributed by atoms with Crippen LogP contribution in [0.2, 0.25) is 5.02 Å². The van der Waals surface area contributed by atoms with Gasteiger partial charge in [0.15, 0.2) is 0 Å². The number of benzene rings is 3. The number of imide groups is 1. The van der Waals surface area contributed by atoms with Crippen LogP contribution in [0.1, 0.15) is 27.4 Å². The van der Waals surface area contributed by atoms with Crippen LogP contribution < -0.4 is 9.64 Å². The first-order chi connectivity index (χ1) is 14.6. The lowest BCUT2D eigenvalue weighted by Gasteiger charge is -2.31. The van der Waals surface area contributed by atoms with Gasteiger partial charge in [-0.3, -0.25) is 14.6 Å². The Hall–Kier alpha value is -3.44. The number of amides is 2. The average Bonchev–Trinajstić information content (AvgIpc) is 2.78. The predicted octanol–water partition coefficient (Wildman–Crippen LogP) is 4.89. The molecule has 150 valence electrons. The Morgan fingerprint density at radius 1 is 1.00 bits per heavy atom. The highest BCUT2D eigenvalue weighted by Crippen LogP contribution is 2.35. The van der Waals surface area contributed by atoms with Crippen molar-refractivity contribution in [2.24, 2.45) is 4.99 Å². The SMILES string of the molecule is COc1ccc(CN=CC2C(=O)N(c3ccccc3Cl)C(=O)c3ccccc32)cc1. The number of rotatable bonds is 5. The molecule has 0 aromatic heterocycles. The zero-order valence-corrected chi connectivity index (χ0v) is 17.0. The van der Waals surface area contributed by atoms with Gasteiger partial charge in [-0.25, -0.2) is 4.90 Å². The smallest absolute Gasteiger partial charge is 0.265 e. The number of aliphatic imine (C=N–C) groups is 1. The largest absolute Gasteiger partial charge is 0.497 e. The van der Waals surface area contributed by atoms with Gasteiger partial charge in [-0.2, -0.15) is 0 Å². The molecule has 1 aliphatic rings. The molecular weight excluding hydrogens is 400 g/mol. The molecule has 0 saturated heterocycles. The second-order valence-corrected chi connectivity index (χ2v) is 7.24. The average molecular weight is 419 g/mol. The van der Waals surface area contributed by atoms with Gasteiger partial charge in [-0.1, -0.05) is 54.1 Å². The second-order valence-electron chi connectivity index (χ2n) is 6.83. The minimum atomic E-state index is -0.673. The Balaban J connectivity index is 1.67. The van der Waals surface area contributed by atoms with E-state index >= 15 is 0 Å². The van der Waals surface area contributed by atoms with Crippen LogP contribution in [0.5, 0.6) is 5.75 Å². The van der Waals surface area contributed by atoms with E-state index in [0.29, 0.717) is 28.4 Å². The standard InChI is InChI=1S/C24H19ClN2O3/c1-30-17-12-10-16(11-13-17)14-26-15-20-18-6-2-3-7-19(18)23(28)27(24(20)29)22-9-5-4-8-21(22)25/h2-13,15,20H,14H2,1H3. The summed E-state index contributed by atoms with van der Waals surface area (Å²) in [6, 6.07) is 21.5. The fraction of sp³-hybridized carbons (Fsp3) is 0.125. The van der Waals surface area contributed by atoms with Crippen LogP contribution in [0.25, 0.3) is 0 Å². The number of hydrogen-bond acceptors (Lipinski definition) is 4. The highest BCUT2D eigenvalue weighted by molar-refractivity contribution is 6.37. The molecule has 1 atom stereocenters. The lowest BCUT2D eigenvalue weighted by molar-refractivity contribution is -0.118. The molecule has 5 nitrogen and oxygen atoms in total. The van der Waals surface area contributed by atoms with Gasteiger partial charge >= 0.3 is 0 Å². The molecule has 6 heteroatoms. The van der Waals surface area contributed by atoms with Crippen LogP contribution in [0, 0.1) is 0 Å². The molecule has 30 heavy (non-hydrogen) atoms. The Kier molecular flexibility index (Phi) is 5.63. The molecule has 0 radical (unpaired) electrons. The van der Waals surface area contributed by atoms with E-state index in [1.165, 1.54) is 0 Å². The van der Waals surface area contributed by atoms with Crippen LogP contribution in [0.4, 0.5) is 5.69 Å². The molecule has 0 spiro atoms. The Morgan fingerprint density at radius 3 is 2.43 bits per heavy atom. The number of ether oxygens (including phenoxy) is 1. The van der Waals surface area contributed by atoms with E-state index in [4.69, 9.17) is 16.3 Å². The van der Waals surface area contributed by atoms with E-state index in [9.17, 15) is 9.59 Å². The molecule has 0 saturated carbocycles. The van der Waals surface area contributed by atoms with Gasteiger partial charge in [0.25, 0.3) is 5.91 Å². The summed E-state index contributed by atoms with van der Waals surface area (Å²) in [6.07, 6.45) is 1.61. The van der Waals surface area contributed by atoms with Gasteiger partial charge in [-0.05, 0) is 41.5 Å². The number of methoxy groups -OCH3 is 1. The van der Waals surface area contributed by atoms with Crippen molar-refractivity contribution in [1.82, 2.24) is 0 Å². The summed E-state index contributed by atoms with van der Waals surface area (Å²) in [6.45, 7) is 0.413. The second kappa shape index (κ2) is 8.51. The van der Waals surface area contributed by atoms with E-state index in [-0.39, 0.29) is 11.8 Å². The molecule has 1 unspecified atom stereocenters. The van der Waals surface area contributed by atoms with Crippen LogP contribution in [0.3, 0.4) is 0 Å². The fourth-order valence-electron chi connectivity index (χ4n) is 3.46. The van der Waals surface area contributed by atoms with Gasteiger partial charge in [0.2, 0.25) is 5.91 Å². The van der Waals surface area contributed by atoms with Gasteiger partial charge in [0.1, 0.15) is 5.75 Å². The molecule has 3 aromatic rings. The highest BCUT2D eigenvalue weighted by atomic mass is 35.5. The maximum Gasteiger partial charge on any atom is 0.265 e. The molecule has 1 aliphatic heterocycles. The van der Waals surface area contributed by atoms with Crippen molar-refractivity contribution in [1.29, 1.82) is 0 Å². The van der Waals surface area contributed by atoms with Crippen LogP contribution in [-0.2, 0) is 11.3 Å². The Morgan fingerprint density at radius 2 is 1.70 bits per heavy atom.